The first kappa shape index (κ1) is 11.6. The highest BCUT2D eigenvalue weighted by atomic mass is 16.1. The number of H-pyrrole nitrogens is 2. The number of nitrogens with one attached hydrogen (secondary N) is 2. The molecule has 5 aromatic rings. The average Bonchev–Trinajstić information content (AvgIpc) is 3.08. The average molecular weight is 288 g/mol. The van der Waals surface area contributed by atoms with Gasteiger partial charge in [0, 0.05) is 21.7 Å². The van der Waals surface area contributed by atoms with Crippen LogP contribution in [0.3, 0.4) is 0 Å². The molecule has 22 heavy (non-hydrogen) atoms. The highest BCUT2D eigenvalue weighted by molar-refractivity contribution is 6.21. The van der Waals surface area contributed by atoms with Crippen molar-refractivity contribution in [3.63, 3.8) is 0 Å². The topological polar surface area (TPSA) is 66.0 Å². The molecule has 0 saturated heterocycles. The second kappa shape index (κ2) is 3.76. The van der Waals surface area contributed by atoms with Gasteiger partial charge >= 0.3 is 5.69 Å². The van der Waals surface area contributed by atoms with Crippen LogP contribution in [0.1, 0.15) is 5.56 Å². The molecule has 3 aromatic heterocycles. The maximum absolute atomic E-state index is 12.2. The van der Waals surface area contributed by atoms with Crippen molar-refractivity contribution in [1.82, 2.24) is 19.6 Å². The molecule has 0 aliphatic heterocycles. The van der Waals surface area contributed by atoms with Crippen LogP contribution in [-0.4, -0.2) is 19.6 Å². The zero-order chi connectivity index (χ0) is 14.8. The van der Waals surface area contributed by atoms with Gasteiger partial charge in [-0.05, 0) is 24.4 Å². The van der Waals surface area contributed by atoms with Crippen LogP contribution in [-0.2, 0) is 0 Å². The standard InChI is InChI=1S/C17H12N4O/c1-9-6-7-13-12(8-9)14-10-4-2-3-5-11(10)15-19-20-17(22)21(15)16(14)18-13/h2-8,18H,1H3,(H,20,22). The lowest BCUT2D eigenvalue weighted by Gasteiger charge is -2.03. The summed E-state index contributed by atoms with van der Waals surface area (Å²) in [5.74, 6) is 0. The minimum absolute atomic E-state index is 0.228. The van der Waals surface area contributed by atoms with Crippen molar-refractivity contribution in [2.45, 2.75) is 6.92 Å². The van der Waals surface area contributed by atoms with Crippen LogP contribution in [0.4, 0.5) is 0 Å². The summed E-state index contributed by atoms with van der Waals surface area (Å²) in [4.78, 5) is 15.6. The lowest BCUT2D eigenvalue weighted by Crippen LogP contribution is -2.10. The van der Waals surface area contributed by atoms with E-state index in [4.69, 9.17) is 0 Å². The molecule has 5 nitrogen and oxygen atoms in total. The van der Waals surface area contributed by atoms with Crippen LogP contribution in [0.15, 0.2) is 47.3 Å². The number of aromatic amines is 2. The molecule has 0 spiro atoms. The van der Waals surface area contributed by atoms with E-state index in [-0.39, 0.29) is 5.69 Å². The van der Waals surface area contributed by atoms with Crippen molar-refractivity contribution < 1.29 is 0 Å². The summed E-state index contributed by atoms with van der Waals surface area (Å²) < 4.78 is 1.62. The molecule has 0 radical (unpaired) electrons. The maximum atomic E-state index is 12.2. The smallest absolute Gasteiger partial charge is 0.340 e. The molecule has 0 saturated carbocycles. The summed E-state index contributed by atoms with van der Waals surface area (Å²) in [6.07, 6.45) is 0. The lowest BCUT2D eigenvalue weighted by atomic mass is 10.1. The Kier molecular flexibility index (Phi) is 1.98. The number of pyridine rings is 1. The van der Waals surface area contributed by atoms with Crippen molar-refractivity contribution in [2.24, 2.45) is 0 Å². The van der Waals surface area contributed by atoms with Crippen molar-refractivity contribution in [2.75, 3.05) is 0 Å². The van der Waals surface area contributed by atoms with Crippen molar-refractivity contribution >= 4 is 38.4 Å². The Morgan fingerprint density at radius 3 is 2.73 bits per heavy atom. The Labute approximate surface area is 124 Å². The SMILES string of the molecule is Cc1ccc2[nH]c3c(c2c1)c1ccccc1c1n[nH]c(=O)n13. The summed E-state index contributed by atoms with van der Waals surface area (Å²) in [6.45, 7) is 2.07. The molecule has 0 unspecified atom stereocenters. The Balaban J connectivity index is 2.26. The molecule has 0 aliphatic carbocycles. The Hall–Kier alpha value is -3.08. The third kappa shape index (κ3) is 1.28. The molecule has 2 N–H and O–H groups in total. The van der Waals surface area contributed by atoms with E-state index in [1.165, 1.54) is 5.56 Å². The summed E-state index contributed by atoms with van der Waals surface area (Å²) in [5, 5.41) is 11.0. The normalized spacial score (nSPS) is 12.0. The molecule has 5 heteroatoms. The molecule has 106 valence electrons. The highest BCUT2D eigenvalue weighted by Gasteiger charge is 2.16. The molecule has 0 fully saturated rings. The van der Waals surface area contributed by atoms with E-state index in [2.05, 4.69) is 46.4 Å². The third-order valence-electron chi connectivity index (χ3n) is 4.27. The number of aryl methyl sites for hydroxylation is 1. The number of benzene rings is 2. The van der Waals surface area contributed by atoms with E-state index < -0.39 is 0 Å². The van der Waals surface area contributed by atoms with E-state index in [1.54, 1.807) is 4.40 Å². The van der Waals surface area contributed by atoms with E-state index in [0.717, 1.165) is 32.7 Å². The molecule has 2 aromatic carbocycles. The second-order valence-corrected chi connectivity index (χ2v) is 5.63. The van der Waals surface area contributed by atoms with Crippen LogP contribution < -0.4 is 5.69 Å². The highest BCUT2D eigenvalue weighted by Crippen LogP contribution is 2.33. The largest absolute Gasteiger partial charge is 0.349 e. The summed E-state index contributed by atoms with van der Waals surface area (Å²) in [7, 11) is 0. The third-order valence-corrected chi connectivity index (χ3v) is 4.27. The fraction of sp³-hybridized carbons (Fsp3) is 0.0588. The summed E-state index contributed by atoms with van der Waals surface area (Å²) >= 11 is 0. The van der Waals surface area contributed by atoms with Gasteiger partial charge in [0.15, 0.2) is 5.65 Å². The summed E-state index contributed by atoms with van der Waals surface area (Å²) in [6, 6.07) is 14.3. The van der Waals surface area contributed by atoms with Crippen molar-refractivity contribution in [1.29, 1.82) is 0 Å². The Bertz CT molecular complexity index is 1260. The number of aromatic nitrogens is 4. The van der Waals surface area contributed by atoms with Gasteiger partial charge in [-0.2, -0.15) is 5.10 Å². The van der Waals surface area contributed by atoms with Gasteiger partial charge in [0.1, 0.15) is 5.65 Å². The number of hydrogen-bond acceptors (Lipinski definition) is 2. The van der Waals surface area contributed by atoms with Crippen LogP contribution in [0, 0.1) is 6.92 Å². The van der Waals surface area contributed by atoms with Gasteiger partial charge in [-0.25, -0.2) is 14.3 Å². The zero-order valence-corrected chi connectivity index (χ0v) is 11.8. The van der Waals surface area contributed by atoms with Crippen LogP contribution >= 0.6 is 0 Å². The zero-order valence-electron chi connectivity index (χ0n) is 11.8. The van der Waals surface area contributed by atoms with Crippen LogP contribution in [0.25, 0.3) is 38.4 Å². The van der Waals surface area contributed by atoms with E-state index in [9.17, 15) is 4.79 Å². The van der Waals surface area contributed by atoms with Gasteiger partial charge in [0.05, 0.1) is 0 Å². The number of hydrogen-bond donors (Lipinski definition) is 2. The molecular weight excluding hydrogens is 276 g/mol. The minimum Gasteiger partial charge on any atom is -0.340 e. The number of nitrogens with zero attached hydrogens (tertiary/aromatic N) is 2. The molecule has 0 amide bonds. The van der Waals surface area contributed by atoms with Crippen molar-refractivity contribution in [3.05, 3.63) is 58.5 Å². The van der Waals surface area contributed by atoms with E-state index in [0.29, 0.717) is 5.65 Å². The van der Waals surface area contributed by atoms with Gasteiger partial charge in [-0.3, -0.25) is 0 Å². The van der Waals surface area contributed by atoms with Crippen LogP contribution in [0.2, 0.25) is 0 Å². The first-order valence-electron chi connectivity index (χ1n) is 7.14. The van der Waals surface area contributed by atoms with E-state index in [1.807, 2.05) is 18.2 Å². The van der Waals surface area contributed by atoms with Gasteiger partial charge in [0.25, 0.3) is 0 Å². The fourth-order valence-electron chi connectivity index (χ4n) is 3.31. The van der Waals surface area contributed by atoms with Crippen molar-refractivity contribution in [3.8, 4) is 0 Å². The number of rotatable bonds is 0. The Morgan fingerprint density at radius 2 is 1.86 bits per heavy atom. The maximum Gasteiger partial charge on any atom is 0.349 e. The fourth-order valence-corrected chi connectivity index (χ4v) is 3.31. The molecule has 0 atom stereocenters. The molecular formula is C17H12N4O. The van der Waals surface area contributed by atoms with E-state index >= 15 is 0 Å². The van der Waals surface area contributed by atoms with Gasteiger partial charge in [0.2, 0.25) is 0 Å². The van der Waals surface area contributed by atoms with Gasteiger partial charge < -0.3 is 4.98 Å². The first-order valence-corrected chi connectivity index (χ1v) is 7.14. The molecule has 3 heterocycles. The predicted molar refractivity (Wildman–Crippen MR) is 87.4 cm³/mol. The number of fused-ring (bicyclic) bond motifs is 8. The van der Waals surface area contributed by atoms with Gasteiger partial charge in [-0.1, -0.05) is 35.9 Å². The quantitative estimate of drug-likeness (QED) is 0.460. The summed E-state index contributed by atoms with van der Waals surface area (Å²) in [5.41, 5.74) is 3.42. The molecule has 5 rings (SSSR count). The van der Waals surface area contributed by atoms with Gasteiger partial charge in [-0.15, -0.1) is 0 Å². The first-order chi connectivity index (χ1) is 10.7. The Morgan fingerprint density at radius 1 is 1.05 bits per heavy atom. The van der Waals surface area contributed by atoms with Crippen LogP contribution in [0.5, 0.6) is 0 Å². The lowest BCUT2D eigenvalue weighted by molar-refractivity contribution is 1.03. The monoisotopic (exact) mass is 288 g/mol. The molecule has 0 bridgehead atoms. The minimum atomic E-state index is -0.228. The predicted octanol–water partition coefficient (Wildman–Crippen LogP) is 3.12. The molecule has 0 aliphatic rings. The second-order valence-electron chi connectivity index (χ2n) is 5.63.